The average Bonchev–Trinajstić information content (AvgIpc) is 2.73. The largest absolute Gasteiger partial charge is 0.0625 e. The lowest BCUT2D eigenvalue weighted by molar-refractivity contribution is -0.0404. The molecule has 0 spiro atoms. The molecule has 4 aliphatic carbocycles. The monoisotopic (exact) mass is 428 g/mol. The van der Waals surface area contributed by atoms with Gasteiger partial charge in [-0.3, -0.25) is 0 Å². The smallest absolute Gasteiger partial charge is 0.0292 e. The van der Waals surface area contributed by atoms with Crippen molar-refractivity contribution in [2.24, 2.45) is 58.2 Å². The van der Waals surface area contributed by atoms with Gasteiger partial charge in [-0.2, -0.15) is 0 Å². The molecule has 0 heteroatoms. The summed E-state index contributed by atoms with van der Waals surface area (Å²) in [6, 6.07) is 0. The summed E-state index contributed by atoms with van der Waals surface area (Å²) in [7, 11) is 0. The molecule has 0 aromatic heterocycles. The fourth-order valence-corrected chi connectivity index (χ4v) is 9.16. The molecule has 2 unspecified atom stereocenters. The van der Waals surface area contributed by atoms with Gasteiger partial charge in [0.15, 0.2) is 0 Å². The molecule has 0 nitrogen and oxygen atoms in total. The molecular formula is C31H56. The van der Waals surface area contributed by atoms with Crippen LogP contribution in [0.5, 0.6) is 0 Å². The maximum Gasteiger partial charge on any atom is -0.0292 e. The number of rotatable bonds is 4. The molecule has 0 bridgehead atoms. The first kappa shape index (κ1) is 24.1. The van der Waals surface area contributed by atoms with Crippen molar-refractivity contribution in [3.05, 3.63) is 0 Å². The molecule has 4 saturated carbocycles. The molecule has 0 amide bonds. The van der Waals surface area contributed by atoms with Crippen LogP contribution in [-0.2, 0) is 0 Å². The summed E-state index contributed by atoms with van der Waals surface area (Å²) in [6.07, 6.45) is 22.8. The molecule has 4 aliphatic rings. The molecule has 0 aromatic rings. The van der Waals surface area contributed by atoms with E-state index in [9.17, 15) is 0 Å². The van der Waals surface area contributed by atoms with Crippen molar-refractivity contribution in [2.45, 2.75) is 138 Å². The van der Waals surface area contributed by atoms with Crippen LogP contribution in [0, 0.1) is 58.2 Å². The first-order chi connectivity index (χ1) is 14.7. The van der Waals surface area contributed by atoms with Gasteiger partial charge in [-0.25, -0.2) is 0 Å². The number of hydrogen-bond donors (Lipinski definition) is 0. The lowest BCUT2D eigenvalue weighted by Crippen LogP contribution is -2.44. The van der Waals surface area contributed by atoms with Crippen LogP contribution in [0.25, 0.3) is 0 Å². The van der Waals surface area contributed by atoms with Crippen molar-refractivity contribution in [3.8, 4) is 0 Å². The maximum absolute atomic E-state index is 2.74. The normalized spacial score (nSPS) is 52.1. The van der Waals surface area contributed by atoms with Crippen LogP contribution in [0.2, 0.25) is 0 Å². The Morgan fingerprint density at radius 2 is 0.774 bits per heavy atom. The highest BCUT2D eigenvalue weighted by molar-refractivity contribution is 4.99. The zero-order chi connectivity index (χ0) is 22.2. The predicted molar refractivity (Wildman–Crippen MR) is 136 cm³/mol. The number of hydrogen-bond acceptors (Lipinski definition) is 0. The van der Waals surface area contributed by atoms with Gasteiger partial charge >= 0.3 is 0 Å². The van der Waals surface area contributed by atoms with Crippen molar-refractivity contribution >= 4 is 0 Å². The first-order valence-electron chi connectivity index (χ1n) is 14.7. The fourth-order valence-electron chi connectivity index (χ4n) is 9.16. The highest BCUT2D eigenvalue weighted by Gasteiger charge is 2.48. The second-order valence-electron chi connectivity index (χ2n) is 14.4. The Labute approximate surface area is 196 Å². The second kappa shape index (κ2) is 9.70. The maximum atomic E-state index is 2.74. The molecule has 31 heavy (non-hydrogen) atoms. The standard InChI is InChI=1S/C31H56/c1-22-7-13-26(14-8-22)28-17-11-24(3)30(5,19-28)21-31(6)20-29(18-12-25(31)4)27-15-9-23(2)10-16-27/h22-29H,7-21H2,1-6H3/t22?,23?,24-,25+,26?,27?,28-,29+,30?,31?. The van der Waals surface area contributed by atoms with Gasteiger partial charge < -0.3 is 0 Å². The van der Waals surface area contributed by atoms with E-state index in [-0.39, 0.29) is 0 Å². The molecule has 6 atom stereocenters. The zero-order valence-electron chi connectivity index (χ0n) is 22.2. The lowest BCUT2D eigenvalue weighted by Gasteiger charge is -2.54. The molecule has 0 saturated heterocycles. The van der Waals surface area contributed by atoms with Gasteiger partial charge in [0, 0.05) is 0 Å². The van der Waals surface area contributed by atoms with Crippen LogP contribution in [0.1, 0.15) is 138 Å². The average molecular weight is 429 g/mol. The van der Waals surface area contributed by atoms with Crippen LogP contribution < -0.4 is 0 Å². The van der Waals surface area contributed by atoms with E-state index >= 15 is 0 Å². The minimum atomic E-state index is 0.581. The third-order valence-electron chi connectivity index (χ3n) is 12.0. The summed E-state index contributed by atoms with van der Waals surface area (Å²) >= 11 is 0. The van der Waals surface area contributed by atoms with E-state index in [1.165, 1.54) is 83.5 Å². The van der Waals surface area contributed by atoms with E-state index in [4.69, 9.17) is 0 Å². The molecule has 180 valence electrons. The van der Waals surface area contributed by atoms with Crippen LogP contribution in [0.15, 0.2) is 0 Å². The third-order valence-corrected chi connectivity index (χ3v) is 12.0. The Hall–Kier alpha value is 0. The molecule has 4 rings (SSSR count). The second-order valence-corrected chi connectivity index (χ2v) is 14.4. The van der Waals surface area contributed by atoms with Gasteiger partial charge in [0.05, 0.1) is 0 Å². The molecule has 0 aromatic carbocycles. The van der Waals surface area contributed by atoms with Gasteiger partial charge in [0.25, 0.3) is 0 Å². The van der Waals surface area contributed by atoms with Gasteiger partial charge in [-0.05, 0) is 129 Å². The Balaban J connectivity index is 1.43. The Morgan fingerprint density at radius 3 is 1.13 bits per heavy atom. The zero-order valence-corrected chi connectivity index (χ0v) is 22.2. The third kappa shape index (κ3) is 5.40. The van der Waals surface area contributed by atoms with Crippen molar-refractivity contribution < 1.29 is 0 Å². The van der Waals surface area contributed by atoms with Gasteiger partial charge in [-0.1, -0.05) is 67.2 Å². The lowest BCUT2D eigenvalue weighted by atomic mass is 9.51. The molecule has 4 fully saturated rings. The minimum Gasteiger partial charge on any atom is -0.0625 e. The van der Waals surface area contributed by atoms with Crippen LogP contribution in [0.3, 0.4) is 0 Å². The highest BCUT2D eigenvalue weighted by Crippen LogP contribution is 2.59. The van der Waals surface area contributed by atoms with E-state index in [1.807, 2.05) is 0 Å². The van der Waals surface area contributed by atoms with Gasteiger partial charge in [0.2, 0.25) is 0 Å². The predicted octanol–water partition coefficient (Wildman–Crippen LogP) is 9.91. The summed E-state index contributed by atoms with van der Waals surface area (Å²) in [5.41, 5.74) is 1.16. The minimum absolute atomic E-state index is 0.581. The van der Waals surface area contributed by atoms with Crippen molar-refractivity contribution in [1.29, 1.82) is 0 Å². The molecule has 0 radical (unpaired) electrons. The van der Waals surface area contributed by atoms with Crippen molar-refractivity contribution in [3.63, 3.8) is 0 Å². The van der Waals surface area contributed by atoms with E-state index in [1.54, 1.807) is 12.8 Å². The van der Waals surface area contributed by atoms with E-state index in [2.05, 4.69) is 41.5 Å². The highest BCUT2D eigenvalue weighted by atomic mass is 14.5. The van der Waals surface area contributed by atoms with E-state index < -0.39 is 0 Å². The Morgan fingerprint density at radius 1 is 0.452 bits per heavy atom. The van der Waals surface area contributed by atoms with E-state index in [0.29, 0.717) is 10.8 Å². The van der Waals surface area contributed by atoms with Crippen molar-refractivity contribution in [2.75, 3.05) is 0 Å². The van der Waals surface area contributed by atoms with Crippen molar-refractivity contribution in [1.82, 2.24) is 0 Å². The molecule has 0 heterocycles. The van der Waals surface area contributed by atoms with Gasteiger partial charge in [0.1, 0.15) is 0 Å². The summed E-state index contributed by atoms with van der Waals surface area (Å²) in [4.78, 5) is 0. The first-order valence-corrected chi connectivity index (χ1v) is 14.7. The molecule has 0 aliphatic heterocycles. The summed E-state index contributed by atoms with van der Waals surface area (Å²) in [5.74, 6) is 8.00. The van der Waals surface area contributed by atoms with Crippen LogP contribution in [-0.4, -0.2) is 0 Å². The van der Waals surface area contributed by atoms with Crippen LogP contribution >= 0.6 is 0 Å². The Bertz CT molecular complexity index is 513. The Kier molecular flexibility index (Phi) is 7.55. The fraction of sp³-hybridized carbons (Fsp3) is 1.00. The SMILES string of the molecule is CC1CCC([C@@H]2CC[C@@H](C)C(C)(CC3(C)C[C@@H](C4CCC(C)CC4)CC[C@@H]3C)C2)CC1. The summed E-state index contributed by atoms with van der Waals surface area (Å²) < 4.78 is 0. The van der Waals surface area contributed by atoms with Gasteiger partial charge in [-0.15, -0.1) is 0 Å². The summed E-state index contributed by atoms with van der Waals surface area (Å²) in [5, 5.41) is 0. The van der Waals surface area contributed by atoms with E-state index in [0.717, 1.165) is 47.3 Å². The molecule has 0 N–H and O–H groups in total. The molecular weight excluding hydrogens is 372 g/mol. The quantitative estimate of drug-likeness (QED) is 0.418. The topological polar surface area (TPSA) is 0 Å². The summed E-state index contributed by atoms with van der Waals surface area (Å²) in [6.45, 7) is 15.7. The van der Waals surface area contributed by atoms with Crippen LogP contribution in [0.4, 0.5) is 0 Å².